The minimum Gasteiger partial charge on any atom is -0.371 e. The molecule has 0 spiro atoms. The van der Waals surface area contributed by atoms with Crippen LogP contribution in [0.5, 0.6) is 0 Å². The van der Waals surface area contributed by atoms with Crippen LogP contribution in [0.15, 0.2) is 48.8 Å². The molecule has 2 saturated heterocycles. The number of ketones is 2. The van der Waals surface area contributed by atoms with Gasteiger partial charge in [0.05, 0.1) is 5.56 Å². The summed E-state index contributed by atoms with van der Waals surface area (Å²) in [7, 11) is 0. The monoisotopic (exact) mass is 626 g/mol. The second kappa shape index (κ2) is 13.6. The van der Waals surface area contributed by atoms with Crippen molar-refractivity contribution in [1.82, 2.24) is 10.3 Å². The third kappa shape index (κ3) is 9.32. The van der Waals surface area contributed by atoms with E-state index in [1.54, 1.807) is 12.4 Å². The van der Waals surface area contributed by atoms with Crippen LogP contribution in [0, 0.1) is 5.92 Å². The quantitative estimate of drug-likeness (QED) is 0.344. The van der Waals surface area contributed by atoms with Gasteiger partial charge in [0.15, 0.2) is 0 Å². The van der Waals surface area contributed by atoms with Crippen molar-refractivity contribution in [2.24, 2.45) is 5.92 Å². The predicted molar refractivity (Wildman–Crippen MR) is 136 cm³/mol. The van der Waals surface area contributed by atoms with Crippen LogP contribution in [0.2, 0.25) is 0 Å². The van der Waals surface area contributed by atoms with Gasteiger partial charge in [-0.3, -0.25) is 19.4 Å². The minimum absolute atomic E-state index is 0.000917. The third-order valence-electron chi connectivity index (χ3n) is 7.03. The average molecular weight is 627 g/mol. The summed E-state index contributed by atoms with van der Waals surface area (Å²) in [5.41, 5.74) is 1.26. The molecular weight excluding hydrogens is 599 g/mol. The Morgan fingerprint density at radius 2 is 1.28 bits per heavy atom. The number of hydrogen-bond acceptors (Lipinski definition) is 6. The molecule has 2 aliphatic rings. The number of Topliss-reactive ketones (excluding diaryl/α,β-unsaturated/α-hetero) is 2. The zero-order valence-electron chi connectivity index (χ0n) is 22.4. The zero-order chi connectivity index (χ0) is 32.0. The fraction of sp³-hybridized carbons (Fsp3) is 0.481. The Morgan fingerprint density at radius 3 is 1.77 bits per heavy atom. The number of carbonyl (C=O) groups excluding carboxylic acids is 3. The largest absolute Gasteiger partial charge is 0.458 e. The number of nitrogens with one attached hydrogen (secondary N) is 1. The maximum atomic E-state index is 12.8. The van der Waals surface area contributed by atoms with Gasteiger partial charge in [-0.1, -0.05) is 0 Å². The topological polar surface area (TPSA) is 82.6 Å². The molecule has 7 nitrogen and oxygen atoms in total. The number of amides is 1. The summed E-state index contributed by atoms with van der Waals surface area (Å²) in [6, 6.07) is 9.37. The molecule has 16 heteroatoms. The Morgan fingerprint density at radius 1 is 0.744 bits per heavy atom. The van der Waals surface area contributed by atoms with Crippen molar-refractivity contribution in [2.75, 3.05) is 36.0 Å². The fourth-order valence-corrected chi connectivity index (χ4v) is 4.80. The highest BCUT2D eigenvalue weighted by Crippen LogP contribution is 2.32. The number of pyridine rings is 1. The van der Waals surface area contributed by atoms with Gasteiger partial charge in [0, 0.05) is 61.9 Å². The van der Waals surface area contributed by atoms with Crippen LogP contribution in [0.3, 0.4) is 0 Å². The Hall–Kier alpha value is -3.85. The molecule has 1 aromatic carbocycles. The molecule has 1 atom stereocenters. The SMILES string of the molecule is O=C(C(=O)C(F)(F)F)C(F)(F)F.O=C(NC[C@H]1CCCN1c1ccc(C(F)(F)F)cc1)C1CCN(c2ccncc2)CC1. The van der Waals surface area contributed by atoms with Gasteiger partial charge in [-0.25, -0.2) is 0 Å². The second-order valence-corrected chi connectivity index (χ2v) is 9.90. The van der Waals surface area contributed by atoms with E-state index >= 15 is 0 Å². The summed E-state index contributed by atoms with van der Waals surface area (Å²) in [6.45, 7) is 2.98. The first-order valence-corrected chi connectivity index (χ1v) is 13.1. The number of nitrogens with zero attached hydrogens (tertiary/aromatic N) is 3. The summed E-state index contributed by atoms with van der Waals surface area (Å²) in [6.07, 6.45) is -8.82. The normalized spacial score (nSPS) is 18.1. The van der Waals surface area contributed by atoms with Crippen molar-refractivity contribution in [2.45, 2.75) is 50.3 Å². The molecule has 0 unspecified atom stereocenters. The highest BCUT2D eigenvalue weighted by molar-refractivity contribution is 6.41. The lowest BCUT2D eigenvalue weighted by molar-refractivity contribution is -0.193. The number of hydrogen-bond donors (Lipinski definition) is 1. The smallest absolute Gasteiger partial charge is 0.371 e. The van der Waals surface area contributed by atoms with Crippen LogP contribution in [0.25, 0.3) is 0 Å². The number of halogens is 9. The molecule has 4 rings (SSSR count). The fourth-order valence-electron chi connectivity index (χ4n) is 4.80. The number of benzene rings is 1. The Labute approximate surface area is 240 Å². The van der Waals surface area contributed by atoms with E-state index in [-0.39, 0.29) is 17.9 Å². The molecule has 0 bridgehead atoms. The highest BCUT2D eigenvalue weighted by Gasteiger charge is 2.54. The van der Waals surface area contributed by atoms with Gasteiger partial charge >= 0.3 is 30.1 Å². The van der Waals surface area contributed by atoms with Crippen LogP contribution >= 0.6 is 0 Å². The van der Waals surface area contributed by atoms with E-state index in [0.717, 1.165) is 68.8 Å². The van der Waals surface area contributed by atoms with Crippen LogP contribution < -0.4 is 15.1 Å². The van der Waals surface area contributed by atoms with Crippen molar-refractivity contribution in [1.29, 1.82) is 0 Å². The highest BCUT2D eigenvalue weighted by atomic mass is 19.4. The number of rotatable bonds is 6. The first-order valence-electron chi connectivity index (χ1n) is 13.1. The number of piperidine rings is 1. The van der Waals surface area contributed by atoms with Crippen LogP contribution in [-0.2, 0) is 20.6 Å². The van der Waals surface area contributed by atoms with Crippen LogP contribution in [-0.4, -0.2) is 67.0 Å². The molecule has 2 fully saturated rings. The van der Waals surface area contributed by atoms with Gasteiger partial charge < -0.3 is 15.1 Å². The maximum absolute atomic E-state index is 12.8. The van der Waals surface area contributed by atoms with E-state index < -0.39 is 35.7 Å². The first-order chi connectivity index (χ1) is 20.0. The number of aromatic nitrogens is 1. The van der Waals surface area contributed by atoms with Gasteiger partial charge in [-0.2, -0.15) is 39.5 Å². The minimum atomic E-state index is -5.77. The second-order valence-electron chi connectivity index (χ2n) is 9.90. The van der Waals surface area contributed by atoms with E-state index in [1.807, 2.05) is 12.1 Å². The van der Waals surface area contributed by atoms with E-state index in [2.05, 4.69) is 20.1 Å². The third-order valence-corrected chi connectivity index (χ3v) is 7.03. The molecule has 1 aromatic heterocycles. The molecule has 2 aliphatic heterocycles. The lowest BCUT2D eigenvalue weighted by Crippen LogP contribution is -2.45. The van der Waals surface area contributed by atoms with Gasteiger partial charge in [0.2, 0.25) is 5.91 Å². The van der Waals surface area contributed by atoms with Crippen molar-refractivity contribution < 1.29 is 53.9 Å². The summed E-state index contributed by atoms with van der Waals surface area (Å²) >= 11 is 0. The van der Waals surface area contributed by atoms with E-state index in [1.165, 1.54) is 12.1 Å². The molecule has 3 heterocycles. The van der Waals surface area contributed by atoms with E-state index in [9.17, 15) is 53.9 Å². The first kappa shape index (κ1) is 33.6. The number of carbonyl (C=O) groups is 3. The Bertz CT molecular complexity index is 1220. The maximum Gasteiger partial charge on any atom is 0.458 e. The van der Waals surface area contributed by atoms with Crippen molar-refractivity contribution in [3.63, 3.8) is 0 Å². The molecule has 1 amide bonds. The number of anilines is 2. The van der Waals surface area contributed by atoms with Gasteiger partial charge in [-0.05, 0) is 62.1 Å². The number of alkyl halides is 9. The molecule has 236 valence electrons. The summed E-state index contributed by atoms with van der Waals surface area (Å²) < 4.78 is 105. The summed E-state index contributed by atoms with van der Waals surface area (Å²) in [5.74, 6) is -6.74. The molecule has 1 N–H and O–H groups in total. The van der Waals surface area contributed by atoms with Gasteiger partial charge in [0.1, 0.15) is 0 Å². The molecule has 0 radical (unpaired) electrons. The lowest BCUT2D eigenvalue weighted by Gasteiger charge is -2.33. The molecule has 0 aliphatic carbocycles. The molecule has 43 heavy (non-hydrogen) atoms. The summed E-state index contributed by atoms with van der Waals surface area (Å²) in [5, 5.41) is 3.10. The average Bonchev–Trinajstić information content (AvgIpc) is 3.43. The standard InChI is InChI=1S/C23H27F3N4O.C4F6O2/c24-23(25,26)18-3-5-20(6-4-18)30-13-1-2-21(30)16-28-22(31)17-9-14-29(15-10-17)19-7-11-27-12-8-19;5-3(6,7)1(11)2(12)4(8,9)10/h3-8,11-12,17,21H,1-2,9-10,13-16H2,(H,28,31);/t21-;/m1./s1. The molecular formula is C27H27F9N4O3. The Balaban J connectivity index is 0.000000359. The molecule has 0 saturated carbocycles. The van der Waals surface area contributed by atoms with Crippen LogP contribution in [0.1, 0.15) is 31.2 Å². The zero-order valence-corrected chi connectivity index (χ0v) is 22.4. The molecule has 2 aromatic rings. The van der Waals surface area contributed by atoms with Crippen molar-refractivity contribution in [3.8, 4) is 0 Å². The predicted octanol–water partition coefficient (Wildman–Crippen LogP) is 5.35. The van der Waals surface area contributed by atoms with Gasteiger partial charge in [0.25, 0.3) is 0 Å². The lowest BCUT2D eigenvalue weighted by atomic mass is 9.95. The Kier molecular flexibility index (Phi) is 10.7. The van der Waals surface area contributed by atoms with E-state index in [0.29, 0.717) is 6.54 Å². The van der Waals surface area contributed by atoms with Crippen molar-refractivity contribution >= 4 is 28.8 Å². The van der Waals surface area contributed by atoms with Crippen LogP contribution in [0.4, 0.5) is 50.9 Å². The van der Waals surface area contributed by atoms with Gasteiger partial charge in [-0.15, -0.1) is 0 Å². The summed E-state index contributed by atoms with van der Waals surface area (Å²) in [4.78, 5) is 40.4. The van der Waals surface area contributed by atoms with E-state index in [4.69, 9.17) is 0 Å². The van der Waals surface area contributed by atoms with Crippen molar-refractivity contribution in [3.05, 3.63) is 54.4 Å².